The van der Waals surface area contributed by atoms with Crippen molar-refractivity contribution in [2.24, 2.45) is 28.1 Å². The number of halogens is 1. The number of alkyl halides is 1. The van der Waals surface area contributed by atoms with Crippen LogP contribution in [0.15, 0.2) is 0 Å². The van der Waals surface area contributed by atoms with Crippen LogP contribution in [0.25, 0.3) is 0 Å². The fourth-order valence-corrected chi connectivity index (χ4v) is 8.28. The van der Waals surface area contributed by atoms with Crippen LogP contribution in [0.2, 0.25) is 13.1 Å². The van der Waals surface area contributed by atoms with Crippen LogP contribution in [0, 0.1) is 28.1 Å². The van der Waals surface area contributed by atoms with E-state index in [1.807, 2.05) is 0 Å². The zero-order chi connectivity index (χ0) is 13.9. The molecular formula is C16H27BrOSi. The Bertz CT molecular complexity index is 458. The van der Waals surface area contributed by atoms with Gasteiger partial charge in [-0.2, -0.15) is 0 Å². The highest BCUT2D eigenvalue weighted by molar-refractivity contribution is 9.09. The summed E-state index contributed by atoms with van der Waals surface area (Å²) >= 11 is 3.71. The number of rotatable bonds is 3. The van der Waals surface area contributed by atoms with E-state index in [4.69, 9.17) is 4.43 Å². The van der Waals surface area contributed by atoms with E-state index in [0.717, 1.165) is 16.8 Å². The molecule has 5 atom stereocenters. The molecule has 0 heterocycles. The molecule has 4 aliphatic carbocycles. The lowest BCUT2D eigenvalue weighted by Crippen LogP contribution is -2.49. The molecule has 0 radical (unpaired) electrons. The summed E-state index contributed by atoms with van der Waals surface area (Å²) in [5.74, 6) is 1.95. The van der Waals surface area contributed by atoms with Crippen molar-refractivity contribution in [1.29, 1.82) is 0 Å². The van der Waals surface area contributed by atoms with Gasteiger partial charge in [-0.1, -0.05) is 36.7 Å². The maximum Gasteiger partial charge on any atom is 0.197 e. The summed E-state index contributed by atoms with van der Waals surface area (Å²) in [6.07, 6.45) is 5.63. The third-order valence-corrected chi connectivity index (χ3v) is 12.6. The second kappa shape index (κ2) is 3.20. The van der Waals surface area contributed by atoms with Gasteiger partial charge in [0, 0.05) is 10.4 Å². The molecule has 1 unspecified atom stereocenters. The molecule has 0 aromatic carbocycles. The van der Waals surface area contributed by atoms with Gasteiger partial charge in [-0.3, -0.25) is 0 Å². The van der Waals surface area contributed by atoms with E-state index in [1.54, 1.807) is 0 Å². The number of hydrogen-bond donors (Lipinski definition) is 0. The number of fused-ring (bicyclic) bond motifs is 1. The molecule has 4 saturated carbocycles. The molecule has 0 N–H and O–H groups in total. The molecule has 0 aliphatic heterocycles. The van der Waals surface area contributed by atoms with Crippen LogP contribution >= 0.6 is 15.9 Å². The topological polar surface area (TPSA) is 9.23 Å². The molecule has 1 nitrogen and oxygen atoms in total. The monoisotopic (exact) mass is 342 g/mol. The molecule has 4 rings (SSSR count). The molecule has 0 amide bonds. The van der Waals surface area contributed by atoms with Crippen molar-refractivity contribution in [2.45, 2.75) is 65.1 Å². The molecular weight excluding hydrogens is 316 g/mol. The Labute approximate surface area is 127 Å². The fourth-order valence-electron chi connectivity index (χ4n) is 6.49. The van der Waals surface area contributed by atoms with Crippen LogP contribution in [0.1, 0.15) is 46.5 Å². The molecule has 3 heteroatoms. The van der Waals surface area contributed by atoms with E-state index in [1.165, 1.54) is 25.7 Å². The first-order chi connectivity index (χ1) is 8.61. The molecule has 0 bridgehead atoms. The normalized spacial score (nSPS) is 56.5. The second-order valence-electron chi connectivity index (χ2n) is 9.54. The second-order valence-corrected chi connectivity index (χ2v) is 15.2. The van der Waals surface area contributed by atoms with E-state index in [2.05, 4.69) is 49.8 Å². The van der Waals surface area contributed by atoms with Crippen molar-refractivity contribution in [3.63, 3.8) is 0 Å². The SMILES string of the molecule is CC1(C)C[C@]2(O[Si](C)(C)CBr)C[C@]3(C)C[C@@H]3C23C[C@@H]13. The maximum absolute atomic E-state index is 7.00. The Morgan fingerprint density at radius 1 is 1.11 bits per heavy atom. The summed E-state index contributed by atoms with van der Waals surface area (Å²) in [6, 6.07) is 0. The molecule has 0 saturated heterocycles. The third-order valence-electron chi connectivity index (χ3n) is 6.99. The van der Waals surface area contributed by atoms with Crippen LogP contribution in [0.3, 0.4) is 0 Å². The predicted molar refractivity (Wildman–Crippen MR) is 84.9 cm³/mol. The van der Waals surface area contributed by atoms with E-state index in [9.17, 15) is 0 Å². The summed E-state index contributed by atoms with van der Waals surface area (Å²) in [4.78, 5) is 1.07. The van der Waals surface area contributed by atoms with Crippen molar-refractivity contribution >= 4 is 24.2 Å². The highest BCUT2D eigenvalue weighted by Crippen LogP contribution is 2.92. The van der Waals surface area contributed by atoms with Gasteiger partial charge in [-0.25, -0.2) is 0 Å². The zero-order valence-corrected chi connectivity index (χ0v) is 15.6. The molecule has 108 valence electrons. The lowest BCUT2D eigenvalue weighted by molar-refractivity contribution is -0.0101. The van der Waals surface area contributed by atoms with Crippen molar-refractivity contribution in [3.05, 3.63) is 0 Å². The van der Waals surface area contributed by atoms with Gasteiger partial charge in [0.1, 0.15) is 0 Å². The zero-order valence-electron chi connectivity index (χ0n) is 13.0. The minimum atomic E-state index is -1.55. The molecule has 1 spiro atoms. The molecule has 19 heavy (non-hydrogen) atoms. The van der Waals surface area contributed by atoms with Crippen LogP contribution in [-0.2, 0) is 4.43 Å². The van der Waals surface area contributed by atoms with Crippen molar-refractivity contribution in [2.75, 3.05) is 4.95 Å². The van der Waals surface area contributed by atoms with Gasteiger partial charge in [0.2, 0.25) is 0 Å². The molecule has 0 aromatic rings. The third kappa shape index (κ3) is 1.41. The van der Waals surface area contributed by atoms with Crippen molar-refractivity contribution in [3.8, 4) is 0 Å². The molecule has 4 aliphatic rings. The van der Waals surface area contributed by atoms with E-state index in [0.29, 0.717) is 16.2 Å². The first-order valence-corrected chi connectivity index (χ1v) is 12.1. The lowest BCUT2D eigenvalue weighted by Gasteiger charge is -2.43. The van der Waals surface area contributed by atoms with Gasteiger partial charge in [0.15, 0.2) is 8.32 Å². The molecule has 0 aromatic heterocycles. The summed E-state index contributed by atoms with van der Waals surface area (Å²) in [6.45, 7) is 12.3. The maximum atomic E-state index is 7.00. The van der Waals surface area contributed by atoms with E-state index < -0.39 is 8.32 Å². The quantitative estimate of drug-likeness (QED) is 0.531. The Balaban J connectivity index is 1.74. The first kappa shape index (κ1) is 13.3. The highest BCUT2D eigenvalue weighted by Gasteiger charge is 2.89. The van der Waals surface area contributed by atoms with Crippen molar-refractivity contribution in [1.82, 2.24) is 0 Å². The van der Waals surface area contributed by atoms with E-state index >= 15 is 0 Å². The summed E-state index contributed by atoms with van der Waals surface area (Å²) in [5, 5.41) is 0. The Hall–Kier alpha value is 0.657. The Kier molecular flexibility index (Phi) is 2.24. The van der Waals surface area contributed by atoms with Crippen LogP contribution < -0.4 is 0 Å². The van der Waals surface area contributed by atoms with Crippen molar-refractivity contribution < 1.29 is 4.43 Å². The largest absolute Gasteiger partial charge is 0.410 e. The van der Waals surface area contributed by atoms with Crippen LogP contribution in [-0.4, -0.2) is 18.9 Å². The average molecular weight is 343 g/mol. The standard InChI is InChI=1S/C16H27BrOSi/c1-13(2)8-15(18-19(4,5)10-17)9-14(3)6-12(14)16(15)7-11(13)16/h11-12H,6-10H2,1-5H3/t11-,12-,14-,15-,16?/m0/s1. The van der Waals surface area contributed by atoms with Crippen LogP contribution in [0.4, 0.5) is 0 Å². The smallest absolute Gasteiger partial charge is 0.197 e. The Morgan fingerprint density at radius 2 is 1.79 bits per heavy atom. The van der Waals surface area contributed by atoms with E-state index in [-0.39, 0.29) is 5.60 Å². The van der Waals surface area contributed by atoms with Crippen LogP contribution in [0.5, 0.6) is 0 Å². The lowest BCUT2D eigenvalue weighted by atomic mass is 9.79. The average Bonchev–Trinajstić information content (AvgIpc) is 3.08. The predicted octanol–water partition coefficient (Wildman–Crippen LogP) is 4.75. The summed E-state index contributed by atoms with van der Waals surface area (Å²) < 4.78 is 7.00. The number of hydrogen-bond acceptors (Lipinski definition) is 1. The summed E-state index contributed by atoms with van der Waals surface area (Å²) in [5.41, 5.74) is 2.00. The first-order valence-electron chi connectivity index (χ1n) is 7.87. The highest BCUT2D eigenvalue weighted by atomic mass is 79.9. The van der Waals surface area contributed by atoms with Gasteiger partial charge >= 0.3 is 0 Å². The Morgan fingerprint density at radius 3 is 2.37 bits per heavy atom. The van der Waals surface area contributed by atoms with Gasteiger partial charge in [0.25, 0.3) is 0 Å². The summed E-state index contributed by atoms with van der Waals surface area (Å²) in [7, 11) is -1.55. The minimum Gasteiger partial charge on any atom is -0.410 e. The van der Waals surface area contributed by atoms with Gasteiger partial charge in [0.05, 0.1) is 5.60 Å². The minimum absolute atomic E-state index is 0.252. The molecule has 4 fully saturated rings. The van der Waals surface area contributed by atoms with Gasteiger partial charge in [-0.05, 0) is 61.4 Å². The van der Waals surface area contributed by atoms with Gasteiger partial charge in [-0.15, -0.1) is 0 Å². The fraction of sp³-hybridized carbons (Fsp3) is 1.00. The van der Waals surface area contributed by atoms with Gasteiger partial charge < -0.3 is 4.43 Å².